The highest BCUT2D eigenvalue weighted by molar-refractivity contribution is 7.89. The van der Waals surface area contributed by atoms with Crippen molar-refractivity contribution in [2.75, 3.05) is 26.5 Å². The van der Waals surface area contributed by atoms with Gasteiger partial charge in [-0.2, -0.15) is 0 Å². The molecular weight excluding hydrogens is 380 g/mol. The molecule has 2 N–H and O–H groups in total. The first-order valence-electron chi connectivity index (χ1n) is 9.55. The standard InChI is InChI=1S/C20H32N2O5S/c1-14-10-15(13-20(2,3)12-14)22-28(24,25)9-8-21-19(23)17-7-6-16(26-4)11-18(17)27-5/h6-7,11,14-15,22H,8-10,12-13H2,1-5H3,(H,21,23)/t14-,15-/m1/s1. The second-order valence-corrected chi connectivity index (χ2v) is 10.2. The Morgan fingerprint density at radius 1 is 1.21 bits per heavy atom. The predicted molar refractivity (Wildman–Crippen MR) is 109 cm³/mol. The first-order chi connectivity index (χ1) is 13.0. The molecule has 1 fully saturated rings. The number of hydrogen-bond donors (Lipinski definition) is 2. The molecule has 0 bridgehead atoms. The van der Waals surface area contributed by atoms with E-state index >= 15 is 0 Å². The van der Waals surface area contributed by atoms with Gasteiger partial charge >= 0.3 is 0 Å². The molecule has 1 aliphatic carbocycles. The fourth-order valence-corrected chi connectivity index (χ4v) is 5.31. The average Bonchev–Trinajstić information content (AvgIpc) is 2.58. The van der Waals surface area contributed by atoms with E-state index in [0.717, 1.165) is 19.3 Å². The third-order valence-electron chi connectivity index (χ3n) is 5.04. The summed E-state index contributed by atoms with van der Waals surface area (Å²) in [4.78, 5) is 12.4. The van der Waals surface area contributed by atoms with E-state index in [1.165, 1.54) is 14.2 Å². The Kier molecular flexibility index (Phi) is 7.33. The SMILES string of the molecule is COc1ccc(C(=O)NCCS(=O)(=O)N[C@@H]2C[C@@H](C)CC(C)(C)C2)c(OC)c1. The molecule has 0 spiro atoms. The molecule has 1 amide bonds. The van der Waals surface area contributed by atoms with Gasteiger partial charge in [0.1, 0.15) is 11.5 Å². The Bertz CT molecular complexity index is 792. The van der Waals surface area contributed by atoms with E-state index in [2.05, 4.69) is 30.8 Å². The van der Waals surface area contributed by atoms with Gasteiger partial charge in [0, 0.05) is 18.7 Å². The maximum atomic E-state index is 12.4. The van der Waals surface area contributed by atoms with Gasteiger partial charge in [0.25, 0.3) is 5.91 Å². The minimum atomic E-state index is -3.48. The zero-order valence-corrected chi connectivity index (χ0v) is 18.2. The van der Waals surface area contributed by atoms with Gasteiger partial charge in [-0.15, -0.1) is 0 Å². The second-order valence-electron chi connectivity index (χ2n) is 8.37. The van der Waals surface area contributed by atoms with Crippen LogP contribution in [0.3, 0.4) is 0 Å². The number of carbonyl (C=O) groups excluding carboxylic acids is 1. The molecular formula is C20H32N2O5S. The molecule has 2 atom stereocenters. The molecule has 0 aromatic heterocycles. The van der Waals surface area contributed by atoms with Gasteiger partial charge in [-0.3, -0.25) is 4.79 Å². The van der Waals surface area contributed by atoms with Gasteiger partial charge in [0.05, 0.1) is 25.5 Å². The summed E-state index contributed by atoms with van der Waals surface area (Å²) in [6.45, 7) is 6.53. The highest BCUT2D eigenvalue weighted by Crippen LogP contribution is 2.38. The van der Waals surface area contributed by atoms with Crippen LogP contribution in [0.4, 0.5) is 0 Å². The predicted octanol–water partition coefficient (Wildman–Crippen LogP) is 2.57. The Hall–Kier alpha value is -1.80. The normalized spacial score (nSPS) is 21.8. The number of carbonyl (C=O) groups is 1. The van der Waals surface area contributed by atoms with Gasteiger partial charge in [-0.1, -0.05) is 20.8 Å². The van der Waals surface area contributed by atoms with E-state index in [-0.39, 0.29) is 29.7 Å². The molecule has 8 heteroatoms. The maximum absolute atomic E-state index is 12.4. The Morgan fingerprint density at radius 3 is 2.54 bits per heavy atom. The number of sulfonamides is 1. The number of amides is 1. The minimum Gasteiger partial charge on any atom is -0.497 e. The number of rotatable bonds is 8. The summed E-state index contributed by atoms with van der Waals surface area (Å²) in [5.41, 5.74) is 0.459. The van der Waals surface area contributed by atoms with Crippen LogP contribution in [0, 0.1) is 11.3 Å². The molecule has 0 aliphatic heterocycles. The molecule has 28 heavy (non-hydrogen) atoms. The molecule has 0 heterocycles. The number of benzene rings is 1. The van der Waals surface area contributed by atoms with Gasteiger partial charge in [-0.05, 0) is 42.7 Å². The molecule has 0 unspecified atom stereocenters. The van der Waals surface area contributed by atoms with Crippen LogP contribution in [0.25, 0.3) is 0 Å². The highest BCUT2D eigenvalue weighted by atomic mass is 32.2. The van der Waals surface area contributed by atoms with E-state index in [9.17, 15) is 13.2 Å². The fraction of sp³-hybridized carbons (Fsp3) is 0.650. The minimum absolute atomic E-state index is 0.0228. The summed E-state index contributed by atoms with van der Waals surface area (Å²) in [7, 11) is -0.482. The van der Waals surface area contributed by atoms with E-state index in [0.29, 0.717) is 23.0 Å². The van der Waals surface area contributed by atoms with Crippen molar-refractivity contribution in [1.29, 1.82) is 0 Å². The van der Waals surface area contributed by atoms with Crippen LogP contribution in [0.15, 0.2) is 18.2 Å². The van der Waals surface area contributed by atoms with Crippen molar-refractivity contribution < 1.29 is 22.7 Å². The molecule has 7 nitrogen and oxygen atoms in total. The first-order valence-corrected chi connectivity index (χ1v) is 11.2. The molecule has 0 radical (unpaired) electrons. The Labute approximate surface area is 168 Å². The van der Waals surface area contributed by atoms with Crippen molar-refractivity contribution in [1.82, 2.24) is 10.0 Å². The van der Waals surface area contributed by atoms with Gasteiger partial charge in [0.15, 0.2) is 0 Å². The van der Waals surface area contributed by atoms with Crippen molar-refractivity contribution in [3.05, 3.63) is 23.8 Å². The molecule has 1 aromatic carbocycles. The average molecular weight is 413 g/mol. The lowest BCUT2D eigenvalue weighted by atomic mass is 9.71. The molecule has 158 valence electrons. The molecule has 1 saturated carbocycles. The quantitative estimate of drug-likeness (QED) is 0.684. The summed E-state index contributed by atoms with van der Waals surface area (Å²) in [5, 5.41) is 2.65. The van der Waals surface area contributed by atoms with E-state index in [1.807, 2.05) is 0 Å². The molecule has 1 aliphatic rings. The third kappa shape index (κ3) is 6.38. The van der Waals surface area contributed by atoms with Crippen molar-refractivity contribution in [2.24, 2.45) is 11.3 Å². The van der Waals surface area contributed by atoms with Crippen molar-refractivity contribution in [3.8, 4) is 11.5 Å². The number of ether oxygens (including phenoxy) is 2. The van der Waals surface area contributed by atoms with E-state index < -0.39 is 10.0 Å². The Morgan fingerprint density at radius 2 is 1.93 bits per heavy atom. The van der Waals surface area contributed by atoms with Crippen LogP contribution in [0.5, 0.6) is 11.5 Å². The lowest BCUT2D eigenvalue weighted by molar-refractivity contribution is 0.0953. The highest BCUT2D eigenvalue weighted by Gasteiger charge is 2.33. The fourth-order valence-electron chi connectivity index (χ4n) is 4.13. The zero-order valence-electron chi connectivity index (χ0n) is 17.4. The number of nitrogens with one attached hydrogen (secondary N) is 2. The summed E-state index contributed by atoms with van der Waals surface area (Å²) in [6, 6.07) is 4.80. The molecule has 0 saturated heterocycles. The van der Waals surface area contributed by atoms with Crippen molar-refractivity contribution in [3.63, 3.8) is 0 Å². The number of hydrogen-bond acceptors (Lipinski definition) is 5. The first kappa shape index (κ1) is 22.5. The smallest absolute Gasteiger partial charge is 0.255 e. The maximum Gasteiger partial charge on any atom is 0.255 e. The van der Waals surface area contributed by atoms with Gasteiger partial charge in [-0.25, -0.2) is 13.1 Å². The van der Waals surface area contributed by atoms with Crippen molar-refractivity contribution in [2.45, 2.75) is 46.1 Å². The lowest BCUT2D eigenvalue weighted by Crippen LogP contribution is -2.45. The van der Waals surface area contributed by atoms with Gasteiger partial charge < -0.3 is 14.8 Å². The summed E-state index contributed by atoms with van der Waals surface area (Å²) in [5.74, 6) is 0.879. The monoisotopic (exact) mass is 412 g/mol. The number of methoxy groups -OCH3 is 2. The third-order valence-corrected chi connectivity index (χ3v) is 6.48. The van der Waals surface area contributed by atoms with Crippen LogP contribution < -0.4 is 19.5 Å². The molecule has 2 rings (SSSR count). The van der Waals surface area contributed by atoms with Crippen LogP contribution >= 0.6 is 0 Å². The van der Waals surface area contributed by atoms with Crippen LogP contribution in [0.1, 0.15) is 50.4 Å². The largest absolute Gasteiger partial charge is 0.497 e. The zero-order chi connectivity index (χ0) is 20.9. The van der Waals surface area contributed by atoms with Crippen LogP contribution in [-0.2, 0) is 10.0 Å². The van der Waals surface area contributed by atoms with Crippen LogP contribution in [-0.4, -0.2) is 46.9 Å². The van der Waals surface area contributed by atoms with Gasteiger partial charge in [0.2, 0.25) is 10.0 Å². The van der Waals surface area contributed by atoms with Crippen LogP contribution in [0.2, 0.25) is 0 Å². The molecule has 1 aromatic rings. The lowest BCUT2D eigenvalue weighted by Gasteiger charge is -2.39. The summed E-state index contributed by atoms with van der Waals surface area (Å²) >= 11 is 0. The van der Waals surface area contributed by atoms with Crippen molar-refractivity contribution >= 4 is 15.9 Å². The topological polar surface area (TPSA) is 93.7 Å². The van der Waals surface area contributed by atoms with E-state index in [1.54, 1.807) is 18.2 Å². The van der Waals surface area contributed by atoms with E-state index in [4.69, 9.17) is 9.47 Å². The summed E-state index contributed by atoms with van der Waals surface area (Å²) < 4.78 is 38.0. The Balaban J connectivity index is 1.90. The summed E-state index contributed by atoms with van der Waals surface area (Å²) in [6.07, 6.45) is 2.77. The second kappa shape index (κ2) is 9.13.